The van der Waals surface area contributed by atoms with Crippen molar-refractivity contribution in [1.29, 1.82) is 0 Å². The average Bonchev–Trinajstić information content (AvgIpc) is 3.20. The van der Waals surface area contributed by atoms with Crippen LogP contribution in [0.25, 0.3) is 11.0 Å². The molecule has 1 aromatic carbocycles. The molecule has 0 saturated heterocycles. The maximum atomic E-state index is 12.1. The van der Waals surface area contributed by atoms with Crippen molar-refractivity contribution in [1.82, 2.24) is 5.32 Å². The van der Waals surface area contributed by atoms with E-state index < -0.39 is 6.10 Å². The highest BCUT2D eigenvalue weighted by atomic mass is 32.1. The molecule has 0 radical (unpaired) electrons. The van der Waals surface area contributed by atoms with Crippen molar-refractivity contribution in [3.63, 3.8) is 0 Å². The topological polar surface area (TPSA) is 71.7 Å². The predicted octanol–water partition coefficient (Wildman–Crippen LogP) is 2.97. The Morgan fingerprint density at radius 2 is 2.27 bits per heavy atom. The first kappa shape index (κ1) is 14.6. The van der Waals surface area contributed by atoms with Crippen LogP contribution in [0, 0.1) is 0 Å². The summed E-state index contributed by atoms with van der Waals surface area (Å²) in [6, 6.07) is 10.8. The van der Waals surface area contributed by atoms with Gasteiger partial charge in [0.05, 0.1) is 7.11 Å². The molecule has 2 aromatic heterocycles. The van der Waals surface area contributed by atoms with Crippen molar-refractivity contribution in [3.8, 4) is 5.75 Å². The minimum absolute atomic E-state index is 0.132. The molecule has 22 heavy (non-hydrogen) atoms. The van der Waals surface area contributed by atoms with E-state index in [0.717, 1.165) is 10.3 Å². The average molecular weight is 317 g/mol. The molecule has 0 fully saturated rings. The van der Waals surface area contributed by atoms with Crippen LogP contribution in [-0.2, 0) is 0 Å². The van der Waals surface area contributed by atoms with Gasteiger partial charge in [-0.25, -0.2) is 0 Å². The zero-order valence-electron chi connectivity index (χ0n) is 11.9. The highest BCUT2D eigenvalue weighted by molar-refractivity contribution is 7.10. The Morgan fingerprint density at radius 3 is 3.00 bits per heavy atom. The van der Waals surface area contributed by atoms with Crippen LogP contribution in [0.5, 0.6) is 5.75 Å². The molecule has 0 aliphatic carbocycles. The quantitative estimate of drug-likeness (QED) is 0.759. The molecule has 114 valence electrons. The molecule has 1 atom stereocenters. The summed E-state index contributed by atoms with van der Waals surface area (Å²) in [7, 11) is 1.55. The van der Waals surface area contributed by atoms with Crippen molar-refractivity contribution in [2.75, 3.05) is 13.7 Å². The second-order valence-corrected chi connectivity index (χ2v) is 5.71. The Kier molecular flexibility index (Phi) is 4.13. The molecule has 3 aromatic rings. The summed E-state index contributed by atoms with van der Waals surface area (Å²) in [5, 5.41) is 15.3. The zero-order chi connectivity index (χ0) is 15.5. The monoisotopic (exact) mass is 317 g/mol. The van der Waals surface area contributed by atoms with E-state index in [1.54, 1.807) is 19.2 Å². The molecule has 1 unspecified atom stereocenters. The third kappa shape index (κ3) is 2.84. The molecule has 2 N–H and O–H groups in total. The van der Waals surface area contributed by atoms with Crippen LogP contribution >= 0.6 is 11.3 Å². The number of benzene rings is 1. The number of fused-ring (bicyclic) bond motifs is 1. The molecule has 0 spiro atoms. The van der Waals surface area contributed by atoms with Crippen LogP contribution in [0.3, 0.4) is 0 Å². The van der Waals surface area contributed by atoms with Gasteiger partial charge in [-0.1, -0.05) is 18.2 Å². The van der Waals surface area contributed by atoms with Crippen LogP contribution < -0.4 is 10.1 Å². The minimum Gasteiger partial charge on any atom is -0.493 e. The summed E-state index contributed by atoms with van der Waals surface area (Å²) >= 11 is 1.45. The van der Waals surface area contributed by atoms with Gasteiger partial charge in [0.25, 0.3) is 5.91 Å². The number of nitrogens with one attached hydrogen (secondary N) is 1. The minimum atomic E-state index is -0.720. The van der Waals surface area contributed by atoms with Gasteiger partial charge in [0.15, 0.2) is 17.1 Å². The third-order valence-corrected chi connectivity index (χ3v) is 4.25. The van der Waals surface area contributed by atoms with Crippen LogP contribution in [-0.4, -0.2) is 24.7 Å². The zero-order valence-corrected chi connectivity index (χ0v) is 12.7. The lowest BCUT2D eigenvalue weighted by Gasteiger charge is -2.08. The molecular weight excluding hydrogens is 302 g/mol. The highest BCUT2D eigenvalue weighted by Crippen LogP contribution is 2.28. The van der Waals surface area contributed by atoms with Crippen LogP contribution in [0.4, 0.5) is 0 Å². The number of hydrogen-bond donors (Lipinski definition) is 2. The number of hydrogen-bond acceptors (Lipinski definition) is 5. The normalized spacial score (nSPS) is 12.3. The number of aliphatic hydroxyl groups is 1. The fourth-order valence-corrected chi connectivity index (χ4v) is 2.88. The molecule has 0 bridgehead atoms. The summed E-state index contributed by atoms with van der Waals surface area (Å²) in [5.41, 5.74) is 0.536. The van der Waals surface area contributed by atoms with Gasteiger partial charge in [0.2, 0.25) is 0 Å². The molecule has 1 amide bonds. The first-order valence-electron chi connectivity index (χ1n) is 6.75. The summed E-state index contributed by atoms with van der Waals surface area (Å²) in [4.78, 5) is 12.9. The fourth-order valence-electron chi connectivity index (χ4n) is 2.17. The van der Waals surface area contributed by atoms with Gasteiger partial charge in [-0.3, -0.25) is 4.79 Å². The van der Waals surface area contributed by atoms with E-state index in [1.807, 2.05) is 29.6 Å². The second kappa shape index (κ2) is 6.21. The molecular formula is C16H15NO4S. The SMILES string of the molecule is COc1cccc2cc(C(=O)NCC(O)c3cccs3)oc12. The lowest BCUT2D eigenvalue weighted by atomic mass is 10.2. The first-order valence-corrected chi connectivity index (χ1v) is 7.63. The standard InChI is InChI=1S/C16H15NO4S/c1-20-12-5-2-4-10-8-13(21-15(10)12)16(19)17-9-11(18)14-6-3-7-22-14/h2-8,11,18H,9H2,1H3,(H,17,19). The van der Waals surface area contributed by atoms with Gasteiger partial charge in [0.1, 0.15) is 6.10 Å². The van der Waals surface area contributed by atoms with Gasteiger partial charge >= 0.3 is 0 Å². The maximum Gasteiger partial charge on any atom is 0.287 e. The van der Waals surface area contributed by atoms with Gasteiger partial charge in [-0.05, 0) is 23.6 Å². The second-order valence-electron chi connectivity index (χ2n) is 4.73. The summed E-state index contributed by atoms with van der Waals surface area (Å²) in [6.07, 6.45) is -0.720. The molecule has 0 aliphatic rings. The Balaban J connectivity index is 1.72. The third-order valence-electron chi connectivity index (χ3n) is 3.28. The Hall–Kier alpha value is -2.31. The van der Waals surface area contributed by atoms with Crippen LogP contribution in [0.2, 0.25) is 0 Å². The molecule has 3 rings (SSSR count). The Labute approximate surface area is 131 Å². The molecule has 0 aliphatic heterocycles. The van der Waals surface area contributed by atoms with Crippen molar-refractivity contribution < 1.29 is 19.1 Å². The van der Waals surface area contributed by atoms with E-state index in [4.69, 9.17) is 9.15 Å². The van der Waals surface area contributed by atoms with Crippen molar-refractivity contribution >= 4 is 28.2 Å². The number of carbonyl (C=O) groups excluding carboxylic acids is 1. The summed E-state index contributed by atoms with van der Waals surface area (Å²) in [5.74, 6) is 0.405. The van der Waals surface area contributed by atoms with Crippen molar-refractivity contribution in [2.24, 2.45) is 0 Å². The molecule has 5 nitrogen and oxygen atoms in total. The fraction of sp³-hybridized carbons (Fsp3) is 0.188. The number of ether oxygens (including phenoxy) is 1. The van der Waals surface area contributed by atoms with Crippen LogP contribution in [0.15, 0.2) is 46.2 Å². The van der Waals surface area contributed by atoms with E-state index in [1.165, 1.54) is 11.3 Å². The summed E-state index contributed by atoms with van der Waals surface area (Å²) < 4.78 is 10.8. The predicted molar refractivity (Wildman–Crippen MR) is 84.4 cm³/mol. The number of carbonyl (C=O) groups is 1. The smallest absolute Gasteiger partial charge is 0.287 e. The number of aliphatic hydroxyl groups excluding tert-OH is 1. The van der Waals surface area contributed by atoms with Gasteiger partial charge < -0.3 is 19.6 Å². The number of furan rings is 1. The number of thiophene rings is 1. The Bertz CT molecular complexity index is 779. The number of methoxy groups -OCH3 is 1. The first-order chi connectivity index (χ1) is 10.7. The number of rotatable bonds is 5. The highest BCUT2D eigenvalue weighted by Gasteiger charge is 2.16. The lowest BCUT2D eigenvalue weighted by Crippen LogP contribution is -2.27. The number of para-hydroxylation sites is 1. The Morgan fingerprint density at radius 1 is 1.41 bits per heavy atom. The van der Waals surface area contributed by atoms with E-state index in [9.17, 15) is 9.90 Å². The van der Waals surface area contributed by atoms with E-state index in [-0.39, 0.29) is 18.2 Å². The van der Waals surface area contributed by atoms with E-state index >= 15 is 0 Å². The van der Waals surface area contributed by atoms with E-state index in [2.05, 4.69) is 5.32 Å². The molecule has 2 heterocycles. The largest absolute Gasteiger partial charge is 0.493 e. The van der Waals surface area contributed by atoms with Crippen molar-refractivity contribution in [3.05, 3.63) is 52.4 Å². The van der Waals surface area contributed by atoms with Gasteiger partial charge in [0, 0.05) is 16.8 Å². The number of amides is 1. The van der Waals surface area contributed by atoms with Crippen LogP contribution in [0.1, 0.15) is 21.5 Å². The van der Waals surface area contributed by atoms with E-state index in [0.29, 0.717) is 11.3 Å². The van der Waals surface area contributed by atoms with Gasteiger partial charge in [-0.2, -0.15) is 0 Å². The molecule has 6 heteroatoms. The summed E-state index contributed by atoms with van der Waals surface area (Å²) in [6.45, 7) is 0.132. The van der Waals surface area contributed by atoms with Gasteiger partial charge in [-0.15, -0.1) is 11.3 Å². The maximum absolute atomic E-state index is 12.1. The molecule has 0 saturated carbocycles. The lowest BCUT2D eigenvalue weighted by molar-refractivity contribution is 0.0892. The van der Waals surface area contributed by atoms with Crippen molar-refractivity contribution in [2.45, 2.75) is 6.10 Å².